The Morgan fingerprint density at radius 2 is 2.05 bits per heavy atom. The molecule has 1 rings (SSSR count). The van der Waals surface area contributed by atoms with E-state index in [0.29, 0.717) is 5.92 Å². The molecule has 1 aromatic carbocycles. The second-order valence-electron chi connectivity index (χ2n) is 4.93. The van der Waals surface area contributed by atoms with Crippen LogP contribution in [0, 0.1) is 21.8 Å². The van der Waals surface area contributed by atoms with Crippen molar-refractivity contribution in [1.82, 2.24) is 5.32 Å². The van der Waals surface area contributed by atoms with E-state index in [9.17, 15) is 19.3 Å². The Morgan fingerprint density at radius 3 is 2.53 bits per heavy atom. The summed E-state index contributed by atoms with van der Waals surface area (Å²) in [6.45, 7) is 5.93. The van der Waals surface area contributed by atoms with Crippen LogP contribution < -0.4 is 5.32 Å². The van der Waals surface area contributed by atoms with E-state index < -0.39 is 22.3 Å². The third-order valence-corrected chi connectivity index (χ3v) is 2.61. The van der Waals surface area contributed by atoms with Crippen LogP contribution in [0.25, 0.3) is 0 Å². The quantitative estimate of drug-likeness (QED) is 0.659. The number of nitro benzene ring substituents is 1. The predicted molar refractivity (Wildman–Crippen MR) is 69.4 cm³/mol. The van der Waals surface area contributed by atoms with E-state index >= 15 is 0 Å². The lowest BCUT2D eigenvalue weighted by atomic mass is 10.0. The zero-order valence-electron chi connectivity index (χ0n) is 11.1. The molecule has 0 saturated carbocycles. The number of nitrogens with zero attached hydrogens (tertiary/aromatic N) is 1. The molecule has 1 atom stereocenters. The Kier molecular flexibility index (Phi) is 4.97. The highest BCUT2D eigenvalue weighted by molar-refractivity contribution is 5.94. The van der Waals surface area contributed by atoms with Crippen LogP contribution in [0.1, 0.15) is 37.6 Å². The van der Waals surface area contributed by atoms with Crippen LogP contribution in [0.3, 0.4) is 0 Å². The first-order chi connectivity index (χ1) is 8.81. The highest BCUT2D eigenvalue weighted by atomic mass is 19.1. The zero-order chi connectivity index (χ0) is 14.6. The molecule has 0 aliphatic rings. The molecule has 0 aliphatic heterocycles. The molecule has 0 bridgehead atoms. The second-order valence-corrected chi connectivity index (χ2v) is 4.93. The number of nitro groups is 1. The Labute approximate surface area is 111 Å². The summed E-state index contributed by atoms with van der Waals surface area (Å²) < 4.78 is 13.4. The lowest BCUT2D eigenvalue weighted by molar-refractivity contribution is -0.387. The van der Waals surface area contributed by atoms with Gasteiger partial charge < -0.3 is 5.32 Å². The minimum atomic E-state index is -1.01. The fraction of sp³-hybridized carbons (Fsp3) is 0.462. The summed E-state index contributed by atoms with van der Waals surface area (Å²) in [5.74, 6) is -1.000. The average Bonchev–Trinajstić information content (AvgIpc) is 2.26. The van der Waals surface area contributed by atoms with Crippen LogP contribution in [-0.2, 0) is 0 Å². The number of hydrogen-bond acceptors (Lipinski definition) is 3. The molecule has 19 heavy (non-hydrogen) atoms. The number of halogens is 1. The minimum absolute atomic E-state index is 0.0363. The molecule has 5 nitrogen and oxygen atoms in total. The first kappa shape index (κ1) is 15.1. The van der Waals surface area contributed by atoms with E-state index in [-0.39, 0.29) is 11.6 Å². The summed E-state index contributed by atoms with van der Waals surface area (Å²) in [5, 5.41) is 13.2. The van der Waals surface area contributed by atoms with Gasteiger partial charge in [0.2, 0.25) is 5.82 Å². The smallest absolute Gasteiger partial charge is 0.304 e. The highest BCUT2D eigenvalue weighted by Crippen LogP contribution is 2.18. The molecular weight excluding hydrogens is 251 g/mol. The standard InChI is InChI=1S/C13H17FN2O3/c1-8(2)6-9(3)15-13(17)10-4-5-12(16(18)19)11(14)7-10/h4-5,7-9H,6H2,1-3H3,(H,15,17). The third-order valence-electron chi connectivity index (χ3n) is 2.61. The second kappa shape index (κ2) is 6.26. The molecule has 0 aliphatic carbocycles. The molecule has 1 amide bonds. The maximum Gasteiger partial charge on any atom is 0.304 e. The van der Waals surface area contributed by atoms with Crippen LogP contribution in [0.5, 0.6) is 0 Å². The SMILES string of the molecule is CC(C)CC(C)NC(=O)c1ccc([N+](=O)[O-])c(F)c1. The van der Waals surface area contributed by atoms with Gasteiger partial charge in [-0.2, -0.15) is 4.39 Å². The third kappa shape index (κ3) is 4.31. The van der Waals surface area contributed by atoms with Gasteiger partial charge in [0.1, 0.15) is 0 Å². The van der Waals surface area contributed by atoms with Crippen LogP contribution in [0.4, 0.5) is 10.1 Å². The van der Waals surface area contributed by atoms with Crippen molar-refractivity contribution in [3.63, 3.8) is 0 Å². The van der Waals surface area contributed by atoms with Gasteiger partial charge in [0, 0.05) is 17.7 Å². The molecule has 0 radical (unpaired) electrons. The maximum absolute atomic E-state index is 13.4. The van der Waals surface area contributed by atoms with Crippen molar-refractivity contribution in [2.75, 3.05) is 0 Å². The first-order valence-electron chi connectivity index (χ1n) is 6.06. The Balaban J connectivity index is 2.78. The fourth-order valence-corrected chi connectivity index (χ4v) is 1.87. The van der Waals surface area contributed by atoms with Crippen LogP contribution in [-0.4, -0.2) is 16.9 Å². The van der Waals surface area contributed by atoms with Gasteiger partial charge in [-0.25, -0.2) is 0 Å². The Bertz CT molecular complexity index is 489. The molecule has 104 valence electrons. The molecular formula is C13H17FN2O3. The van der Waals surface area contributed by atoms with Crippen LogP contribution in [0.2, 0.25) is 0 Å². The number of carbonyl (C=O) groups excluding carboxylic acids is 1. The number of rotatable bonds is 5. The predicted octanol–water partition coefficient (Wildman–Crippen LogP) is 2.90. The first-order valence-corrected chi connectivity index (χ1v) is 6.06. The fourth-order valence-electron chi connectivity index (χ4n) is 1.87. The monoisotopic (exact) mass is 268 g/mol. The van der Waals surface area contributed by atoms with Gasteiger partial charge in [-0.3, -0.25) is 14.9 Å². The number of benzene rings is 1. The molecule has 0 saturated heterocycles. The van der Waals surface area contributed by atoms with Crippen molar-refractivity contribution in [2.45, 2.75) is 33.2 Å². The molecule has 6 heteroatoms. The van der Waals surface area contributed by atoms with Gasteiger partial charge in [0.15, 0.2) is 0 Å². The molecule has 0 aromatic heterocycles. The van der Waals surface area contributed by atoms with Crippen molar-refractivity contribution in [2.24, 2.45) is 5.92 Å². The van der Waals surface area contributed by atoms with E-state index in [0.717, 1.165) is 18.6 Å². The van der Waals surface area contributed by atoms with E-state index in [4.69, 9.17) is 0 Å². The lowest BCUT2D eigenvalue weighted by Gasteiger charge is -2.15. The molecule has 0 heterocycles. The Morgan fingerprint density at radius 1 is 1.42 bits per heavy atom. The summed E-state index contributed by atoms with van der Waals surface area (Å²) >= 11 is 0. The summed E-state index contributed by atoms with van der Waals surface area (Å²) in [6.07, 6.45) is 0.807. The van der Waals surface area contributed by atoms with Crippen molar-refractivity contribution in [3.05, 3.63) is 39.7 Å². The molecule has 1 N–H and O–H groups in total. The van der Waals surface area contributed by atoms with Crippen molar-refractivity contribution in [3.8, 4) is 0 Å². The minimum Gasteiger partial charge on any atom is -0.350 e. The van der Waals surface area contributed by atoms with E-state index in [1.165, 1.54) is 6.07 Å². The van der Waals surface area contributed by atoms with Gasteiger partial charge in [-0.15, -0.1) is 0 Å². The number of hydrogen-bond donors (Lipinski definition) is 1. The van der Waals surface area contributed by atoms with Crippen molar-refractivity contribution >= 4 is 11.6 Å². The van der Waals surface area contributed by atoms with Gasteiger partial charge >= 0.3 is 5.69 Å². The Hall–Kier alpha value is -1.98. The topological polar surface area (TPSA) is 72.2 Å². The van der Waals surface area contributed by atoms with Gasteiger partial charge in [-0.1, -0.05) is 13.8 Å². The van der Waals surface area contributed by atoms with E-state index in [1.807, 2.05) is 20.8 Å². The highest BCUT2D eigenvalue weighted by Gasteiger charge is 2.17. The van der Waals surface area contributed by atoms with E-state index in [2.05, 4.69) is 5.32 Å². The van der Waals surface area contributed by atoms with Crippen molar-refractivity contribution < 1.29 is 14.1 Å². The number of carbonyl (C=O) groups is 1. The summed E-state index contributed by atoms with van der Waals surface area (Å²) in [7, 11) is 0. The number of nitrogens with one attached hydrogen (secondary N) is 1. The summed E-state index contributed by atoms with van der Waals surface area (Å²) in [6, 6.07) is 3.09. The molecule has 1 unspecified atom stereocenters. The van der Waals surface area contributed by atoms with Gasteiger partial charge in [0.25, 0.3) is 5.91 Å². The van der Waals surface area contributed by atoms with Crippen LogP contribution >= 0.6 is 0 Å². The lowest BCUT2D eigenvalue weighted by Crippen LogP contribution is -2.33. The zero-order valence-corrected chi connectivity index (χ0v) is 11.1. The van der Waals surface area contributed by atoms with Gasteiger partial charge in [-0.05, 0) is 31.4 Å². The average molecular weight is 268 g/mol. The normalized spacial score (nSPS) is 12.3. The summed E-state index contributed by atoms with van der Waals surface area (Å²) in [4.78, 5) is 21.5. The summed E-state index contributed by atoms with van der Waals surface area (Å²) in [5.41, 5.74) is -0.550. The van der Waals surface area contributed by atoms with Gasteiger partial charge in [0.05, 0.1) is 4.92 Å². The molecule has 1 aromatic rings. The molecule has 0 fully saturated rings. The van der Waals surface area contributed by atoms with Crippen molar-refractivity contribution in [1.29, 1.82) is 0 Å². The molecule has 0 spiro atoms. The van der Waals surface area contributed by atoms with Crippen LogP contribution in [0.15, 0.2) is 18.2 Å². The maximum atomic E-state index is 13.4. The largest absolute Gasteiger partial charge is 0.350 e. The van der Waals surface area contributed by atoms with E-state index in [1.54, 1.807) is 0 Å². The number of amides is 1.